The maximum absolute atomic E-state index is 13.3. The lowest BCUT2D eigenvalue weighted by atomic mass is 10.2. The first-order valence-electron chi connectivity index (χ1n) is 5.88. The summed E-state index contributed by atoms with van der Waals surface area (Å²) in [6.07, 6.45) is 2.89. The van der Waals surface area contributed by atoms with Gasteiger partial charge in [0.15, 0.2) is 5.82 Å². The van der Waals surface area contributed by atoms with Crippen molar-refractivity contribution in [2.45, 2.75) is 0 Å². The molecule has 0 amide bonds. The molecular weight excluding hydrogens is 261 g/mol. The second kappa shape index (κ2) is 3.57. The maximum Gasteiger partial charge on any atom is 0.266 e. The van der Waals surface area contributed by atoms with Crippen LogP contribution in [0.25, 0.3) is 16.6 Å². The normalized spacial score (nSPS) is 12.6. The summed E-state index contributed by atoms with van der Waals surface area (Å²) < 4.78 is 14.5. The predicted molar refractivity (Wildman–Crippen MR) is 68.5 cm³/mol. The molecule has 0 radical (unpaired) electrons. The quantitative estimate of drug-likeness (QED) is 0.484. The van der Waals surface area contributed by atoms with Crippen molar-refractivity contribution in [2.75, 3.05) is 0 Å². The van der Waals surface area contributed by atoms with Crippen LogP contribution in [-0.2, 0) is 0 Å². The van der Waals surface area contributed by atoms with Gasteiger partial charge < -0.3 is 0 Å². The van der Waals surface area contributed by atoms with Crippen LogP contribution in [0.15, 0.2) is 41.5 Å². The van der Waals surface area contributed by atoms with Gasteiger partial charge in [-0.05, 0) is 24.3 Å². The van der Waals surface area contributed by atoms with Crippen LogP contribution in [0.3, 0.4) is 0 Å². The molecule has 0 saturated heterocycles. The van der Waals surface area contributed by atoms with Crippen molar-refractivity contribution in [1.82, 2.24) is 14.5 Å². The van der Waals surface area contributed by atoms with Crippen LogP contribution >= 0.6 is 0 Å². The van der Waals surface area contributed by atoms with E-state index in [-0.39, 0.29) is 17.0 Å². The van der Waals surface area contributed by atoms with Crippen LogP contribution in [-0.4, -0.2) is 20.3 Å². The molecule has 0 bridgehead atoms. The minimum absolute atomic E-state index is 0.0390. The SMILES string of the molecule is O=C1c2cnccc2-n2c1nc1ccc(F)cc1c2=O. The number of nitrogens with zero attached hydrogens (tertiary/aromatic N) is 3. The summed E-state index contributed by atoms with van der Waals surface area (Å²) in [5.74, 6) is -0.829. The lowest BCUT2D eigenvalue weighted by Crippen LogP contribution is -2.21. The Hall–Kier alpha value is -2.89. The van der Waals surface area contributed by atoms with Crippen LogP contribution < -0.4 is 5.56 Å². The predicted octanol–water partition coefficient (Wildman–Crippen LogP) is 1.46. The van der Waals surface area contributed by atoms with Gasteiger partial charge in [0.05, 0.1) is 22.2 Å². The van der Waals surface area contributed by atoms with Gasteiger partial charge in [0.2, 0.25) is 5.78 Å². The van der Waals surface area contributed by atoms with Crippen molar-refractivity contribution in [3.8, 4) is 5.69 Å². The zero-order valence-electron chi connectivity index (χ0n) is 10.0. The maximum atomic E-state index is 13.3. The van der Waals surface area contributed by atoms with Gasteiger partial charge in [-0.3, -0.25) is 19.1 Å². The number of hydrogen-bond acceptors (Lipinski definition) is 4. The van der Waals surface area contributed by atoms with Gasteiger partial charge in [0, 0.05) is 12.4 Å². The molecule has 3 heterocycles. The Labute approximate surface area is 111 Å². The first-order chi connectivity index (χ1) is 9.66. The molecule has 0 fully saturated rings. The standard InChI is InChI=1S/C14H6FN3O2/c15-7-1-2-10-8(5-7)14(20)18-11-3-4-16-6-9(11)12(19)13(18)17-10/h1-6H. The number of rotatable bonds is 0. The zero-order valence-corrected chi connectivity index (χ0v) is 10.0. The molecule has 6 heteroatoms. The smallest absolute Gasteiger partial charge is 0.266 e. The number of aromatic nitrogens is 3. The van der Waals surface area contributed by atoms with Crippen molar-refractivity contribution in [3.05, 3.63) is 64.2 Å². The molecule has 96 valence electrons. The average Bonchev–Trinajstić information content (AvgIpc) is 2.74. The summed E-state index contributed by atoms with van der Waals surface area (Å²) in [7, 11) is 0. The molecule has 5 nitrogen and oxygen atoms in total. The van der Waals surface area contributed by atoms with Crippen molar-refractivity contribution < 1.29 is 9.18 Å². The Morgan fingerprint density at radius 3 is 2.85 bits per heavy atom. The van der Waals surface area contributed by atoms with E-state index in [2.05, 4.69) is 9.97 Å². The molecule has 0 N–H and O–H groups in total. The number of fused-ring (bicyclic) bond motifs is 4. The number of carbonyl (C=O) groups excluding carboxylic acids is 1. The summed E-state index contributed by atoms with van der Waals surface area (Å²) in [5, 5.41) is 0.145. The third-order valence-corrected chi connectivity index (χ3v) is 3.32. The Balaban J connectivity index is 2.21. The summed E-state index contributed by atoms with van der Waals surface area (Å²) in [6, 6.07) is 5.29. The number of benzene rings is 1. The molecule has 1 aliphatic heterocycles. The molecule has 20 heavy (non-hydrogen) atoms. The fourth-order valence-electron chi connectivity index (χ4n) is 2.41. The fourth-order valence-corrected chi connectivity index (χ4v) is 2.41. The average molecular weight is 267 g/mol. The molecule has 0 spiro atoms. The number of halogens is 1. The van der Waals surface area contributed by atoms with Crippen LogP contribution in [0, 0.1) is 5.82 Å². The molecule has 2 aromatic heterocycles. The van der Waals surface area contributed by atoms with Gasteiger partial charge in [0.1, 0.15) is 5.82 Å². The monoisotopic (exact) mass is 267 g/mol. The van der Waals surface area contributed by atoms with Crippen molar-refractivity contribution in [3.63, 3.8) is 0 Å². The summed E-state index contributed by atoms with van der Waals surface area (Å²) in [5.41, 5.74) is 0.608. The molecule has 1 aromatic carbocycles. The van der Waals surface area contributed by atoms with Gasteiger partial charge in [-0.2, -0.15) is 0 Å². The lowest BCUT2D eigenvalue weighted by Gasteiger charge is -2.05. The highest BCUT2D eigenvalue weighted by Crippen LogP contribution is 2.25. The Kier molecular flexibility index (Phi) is 1.96. The van der Waals surface area contributed by atoms with Gasteiger partial charge in [-0.1, -0.05) is 0 Å². The van der Waals surface area contributed by atoms with E-state index < -0.39 is 11.4 Å². The Bertz CT molecular complexity index is 962. The fraction of sp³-hybridized carbons (Fsp3) is 0. The number of ketones is 1. The number of hydrogen-bond donors (Lipinski definition) is 0. The highest BCUT2D eigenvalue weighted by molar-refractivity contribution is 6.13. The van der Waals surface area contributed by atoms with E-state index in [1.165, 1.54) is 29.1 Å². The second-order valence-corrected chi connectivity index (χ2v) is 4.46. The Morgan fingerprint density at radius 2 is 2.00 bits per heavy atom. The number of carbonyl (C=O) groups is 1. The van der Waals surface area contributed by atoms with E-state index in [4.69, 9.17) is 0 Å². The summed E-state index contributed by atoms with van der Waals surface area (Å²) >= 11 is 0. The van der Waals surface area contributed by atoms with Gasteiger partial charge in [-0.25, -0.2) is 9.37 Å². The highest BCUT2D eigenvalue weighted by Gasteiger charge is 2.30. The lowest BCUT2D eigenvalue weighted by molar-refractivity contribution is 0.103. The van der Waals surface area contributed by atoms with E-state index in [1.54, 1.807) is 6.07 Å². The van der Waals surface area contributed by atoms with E-state index in [1.807, 2.05) is 0 Å². The van der Waals surface area contributed by atoms with E-state index in [9.17, 15) is 14.0 Å². The van der Waals surface area contributed by atoms with Crippen LogP contribution in [0.2, 0.25) is 0 Å². The summed E-state index contributed by atoms with van der Waals surface area (Å²) in [4.78, 5) is 32.7. The van der Waals surface area contributed by atoms with E-state index in [0.29, 0.717) is 16.8 Å². The van der Waals surface area contributed by atoms with Gasteiger partial charge in [0.25, 0.3) is 5.56 Å². The molecule has 0 saturated carbocycles. The van der Waals surface area contributed by atoms with Crippen molar-refractivity contribution >= 4 is 16.7 Å². The second-order valence-electron chi connectivity index (χ2n) is 4.46. The molecule has 0 aliphatic carbocycles. The Morgan fingerprint density at radius 1 is 1.15 bits per heavy atom. The van der Waals surface area contributed by atoms with Crippen LogP contribution in [0.4, 0.5) is 4.39 Å². The third kappa shape index (κ3) is 1.25. The minimum atomic E-state index is -0.517. The molecule has 4 rings (SSSR count). The highest BCUT2D eigenvalue weighted by atomic mass is 19.1. The molecule has 1 aliphatic rings. The molecule has 3 aromatic rings. The molecule has 0 unspecified atom stereocenters. The van der Waals surface area contributed by atoms with Gasteiger partial charge >= 0.3 is 0 Å². The van der Waals surface area contributed by atoms with Gasteiger partial charge in [-0.15, -0.1) is 0 Å². The van der Waals surface area contributed by atoms with Crippen molar-refractivity contribution in [1.29, 1.82) is 0 Å². The van der Waals surface area contributed by atoms with Crippen LogP contribution in [0.1, 0.15) is 16.2 Å². The van der Waals surface area contributed by atoms with E-state index in [0.717, 1.165) is 6.07 Å². The first kappa shape index (κ1) is 11.0. The topological polar surface area (TPSA) is 64.8 Å². The van der Waals surface area contributed by atoms with E-state index >= 15 is 0 Å². The minimum Gasteiger partial charge on any atom is -0.285 e. The van der Waals surface area contributed by atoms with Crippen molar-refractivity contribution in [2.24, 2.45) is 0 Å². The summed E-state index contributed by atoms with van der Waals surface area (Å²) in [6.45, 7) is 0. The number of pyridine rings is 1. The largest absolute Gasteiger partial charge is 0.285 e. The third-order valence-electron chi connectivity index (χ3n) is 3.32. The molecule has 0 atom stereocenters. The molecular formula is C14H6FN3O2. The van der Waals surface area contributed by atoms with Crippen LogP contribution in [0.5, 0.6) is 0 Å². The zero-order chi connectivity index (χ0) is 13.9. The first-order valence-corrected chi connectivity index (χ1v) is 5.88.